The molecule has 1 saturated heterocycles. The number of piperazine rings is 1. The normalized spacial score (nSPS) is 15.3. The minimum absolute atomic E-state index is 0. The summed E-state index contributed by atoms with van der Waals surface area (Å²) in [7, 11) is 0. The third-order valence-corrected chi connectivity index (χ3v) is 5.61. The van der Waals surface area contributed by atoms with E-state index in [9.17, 15) is 0 Å². The van der Waals surface area contributed by atoms with Crippen LogP contribution in [0.15, 0.2) is 29.3 Å². The smallest absolute Gasteiger partial charge is 0.191 e. The van der Waals surface area contributed by atoms with Gasteiger partial charge in [0.2, 0.25) is 0 Å². The van der Waals surface area contributed by atoms with E-state index in [0.717, 1.165) is 41.2 Å². The van der Waals surface area contributed by atoms with Gasteiger partial charge in [0.1, 0.15) is 10.0 Å². The highest BCUT2D eigenvalue weighted by atomic mass is 127. The first-order chi connectivity index (χ1) is 12.0. The summed E-state index contributed by atoms with van der Waals surface area (Å²) < 4.78 is 0. The first kappa shape index (κ1) is 21.2. The maximum atomic E-state index is 6.16. The second-order valence-corrected chi connectivity index (χ2v) is 7.84. The summed E-state index contributed by atoms with van der Waals surface area (Å²) in [4.78, 5) is 8.95. The van der Waals surface area contributed by atoms with Crippen LogP contribution in [0.3, 0.4) is 0 Å². The van der Waals surface area contributed by atoms with E-state index in [-0.39, 0.29) is 24.0 Å². The predicted octanol–water partition coefficient (Wildman–Crippen LogP) is 3.57. The number of nitrogens with two attached hydrogens (primary N) is 1. The molecule has 2 aromatic rings. The Morgan fingerprint density at radius 2 is 1.85 bits per heavy atom. The van der Waals surface area contributed by atoms with Crippen molar-refractivity contribution in [1.29, 1.82) is 0 Å². The number of hydrogen-bond donors (Lipinski definition) is 1. The Kier molecular flexibility index (Phi) is 7.90. The van der Waals surface area contributed by atoms with E-state index in [1.54, 1.807) is 11.3 Å². The zero-order valence-electron chi connectivity index (χ0n) is 14.9. The molecule has 1 aromatic carbocycles. The molecule has 26 heavy (non-hydrogen) atoms. The Morgan fingerprint density at radius 3 is 2.42 bits per heavy atom. The number of guanidine groups is 1. The average molecular weight is 507 g/mol. The van der Waals surface area contributed by atoms with E-state index in [2.05, 4.69) is 51.0 Å². The van der Waals surface area contributed by atoms with E-state index in [0.29, 0.717) is 18.4 Å². The monoisotopic (exact) mass is 506 g/mol. The molecule has 0 saturated carbocycles. The molecule has 142 valence electrons. The molecular weight excluding hydrogens is 483 g/mol. The number of aromatic nitrogens is 2. The number of benzene rings is 1. The number of halogens is 2. The molecule has 2 heterocycles. The van der Waals surface area contributed by atoms with Crippen molar-refractivity contribution in [3.8, 4) is 0 Å². The highest BCUT2D eigenvalue weighted by Gasteiger charge is 2.18. The quantitative estimate of drug-likeness (QED) is 0.390. The van der Waals surface area contributed by atoms with Gasteiger partial charge in [0.25, 0.3) is 0 Å². The first-order valence-electron chi connectivity index (χ1n) is 8.40. The Morgan fingerprint density at radius 1 is 1.19 bits per heavy atom. The molecule has 9 heteroatoms. The van der Waals surface area contributed by atoms with Crippen molar-refractivity contribution in [3.63, 3.8) is 0 Å². The lowest BCUT2D eigenvalue weighted by molar-refractivity contribution is 0.380. The zero-order chi connectivity index (χ0) is 17.8. The number of aliphatic imine (C=N–C) groups is 1. The molecule has 3 rings (SSSR count). The van der Waals surface area contributed by atoms with Gasteiger partial charge in [-0.15, -0.1) is 34.2 Å². The summed E-state index contributed by atoms with van der Waals surface area (Å²) >= 11 is 7.56. The van der Waals surface area contributed by atoms with Crippen molar-refractivity contribution in [2.24, 2.45) is 10.7 Å². The molecule has 0 bridgehead atoms. The van der Waals surface area contributed by atoms with Crippen molar-refractivity contribution >= 4 is 58.6 Å². The van der Waals surface area contributed by atoms with Gasteiger partial charge in [0.05, 0.1) is 6.54 Å². The highest BCUT2D eigenvalue weighted by Crippen LogP contribution is 2.20. The fourth-order valence-electron chi connectivity index (χ4n) is 2.66. The lowest BCUT2D eigenvalue weighted by Crippen LogP contribution is -2.51. The van der Waals surface area contributed by atoms with E-state index < -0.39 is 0 Å². The van der Waals surface area contributed by atoms with Crippen LogP contribution in [0, 0.1) is 0 Å². The second-order valence-electron chi connectivity index (χ2n) is 6.31. The molecule has 2 N–H and O–H groups in total. The lowest BCUT2D eigenvalue weighted by Gasteiger charge is -2.36. The maximum absolute atomic E-state index is 6.16. The van der Waals surface area contributed by atoms with Gasteiger partial charge < -0.3 is 15.5 Å². The van der Waals surface area contributed by atoms with Gasteiger partial charge in [-0.1, -0.05) is 36.8 Å². The number of rotatable bonds is 4. The van der Waals surface area contributed by atoms with E-state index in [1.807, 2.05) is 12.1 Å². The van der Waals surface area contributed by atoms with Crippen LogP contribution < -0.4 is 10.6 Å². The van der Waals surface area contributed by atoms with Crippen LogP contribution in [0.2, 0.25) is 5.02 Å². The lowest BCUT2D eigenvalue weighted by atomic mass is 10.2. The summed E-state index contributed by atoms with van der Waals surface area (Å²) in [5.74, 6) is 0.977. The van der Waals surface area contributed by atoms with Crippen molar-refractivity contribution in [1.82, 2.24) is 15.1 Å². The molecular formula is C17H24ClIN6S. The molecule has 0 aliphatic carbocycles. The van der Waals surface area contributed by atoms with Crippen LogP contribution >= 0.6 is 46.9 Å². The Balaban J connectivity index is 0.00000243. The van der Waals surface area contributed by atoms with Crippen molar-refractivity contribution in [2.45, 2.75) is 26.3 Å². The maximum Gasteiger partial charge on any atom is 0.191 e. The van der Waals surface area contributed by atoms with Crippen LogP contribution in [0.4, 0.5) is 5.69 Å². The van der Waals surface area contributed by atoms with Crippen LogP contribution in [-0.2, 0) is 6.54 Å². The van der Waals surface area contributed by atoms with Gasteiger partial charge in [0.15, 0.2) is 5.96 Å². The van der Waals surface area contributed by atoms with Gasteiger partial charge in [-0.3, -0.25) is 0 Å². The number of anilines is 1. The van der Waals surface area contributed by atoms with Crippen molar-refractivity contribution < 1.29 is 0 Å². The van der Waals surface area contributed by atoms with Crippen LogP contribution in [0.5, 0.6) is 0 Å². The third kappa shape index (κ3) is 5.43. The molecule has 0 unspecified atom stereocenters. The number of nitrogens with zero attached hydrogens (tertiary/aromatic N) is 5. The largest absolute Gasteiger partial charge is 0.370 e. The third-order valence-electron chi connectivity index (χ3n) is 4.15. The Labute approximate surface area is 180 Å². The van der Waals surface area contributed by atoms with Gasteiger partial charge in [-0.2, -0.15) is 0 Å². The molecule has 6 nitrogen and oxygen atoms in total. The summed E-state index contributed by atoms with van der Waals surface area (Å²) in [6.07, 6.45) is 0. The van der Waals surface area contributed by atoms with Crippen molar-refractivity contribution in [3.05, 3.63) is 39.3 Å². The highest BCUT2D eigenvalue weighted by molar-refractivity contribution is 14.0. The topological polar surface area (TPSA) is 70.6 Å². The fourth-order valence-corrected chi connectivity index (χ4v) is 3.55. The molecule has 1 aliphatic heterocycles. The van der Waals surface area contributed by atoms with Gasteiger partial charge in [0, 0.05) is 42.8 Å². The minimum Gasteiger partial charge on any atom is -0.370 e. The molecule has 1 aromatic heterocycles. The molecule has 1 fully saturated rings. The summed E-state index contributed by atoms with van der Waals surface area (Å²) in [6, 6.07) is 7.95. The van der Waals surface area contributed by atoms with Gasteiger partial charge in [-0.05, 0) is 24.3 Å². The summed E-state index contributed by atoms with van der Waals surface area (Å²) in [6.45, 7) is 8.25. The fraction of sp³-hybridized carbons (Fsp3) is 0.471. The molecule has 0 atom stereocenters. The van der Waals surface area contributed by atoms with Crippen LogP contribution in [-0.4, -0.2) is 47.2 Å². The Hall–Kier alpha value is -1.13. The standard InChI is InChI=1S/C17H23ClN6S.HI/c1-12(2)16-22-21-15(25-16)11-20-17(19)24-9-7-23(8-10-24)14-5-3-13(18)4-6-14;/h3-6,12H,7-11H2,1-2H3,(H2,19,20);1H. The first-order valence-corrected chi connectivity index (χ1v) is 9.60. The van der Waals surface area contributed by atoms with Gasteiger partial charge >= 0.3 is 0 Å². The molecule has 0 spiro atoms. The second kappa shape index (κ2) is 9.70. The number of hydrogen-bond acceptors (Lipinski definition) is 5. The van der Waals surface area contributed by atoms with E-state index in [4.69, 9.17) is 17.3 Å². The Bertz CT molecular complexity index is 725. The summed E-state index contributed by atoms with van der Waals surface area (Å²) in [5, 5.41) is 11.1. The van der Waals surface area contributed by atoms with E-state index >= 15 is 0 Å². The van der Waals surface area contributed by atoms with E-state index in [1.165, 1.54) is 5.69 Å². The predicted molar refractivity (Wildman–Crippen MR) is 120 cm³/mol. The SMILES string of the molecule is CC(C)c1nnc(CN=C(N)N2CCN(c3ccc(Cl)cc3)CC2)s1.I. The van der Waals surface area contributed by atoms with Crippen LogP contribution in [0.25, 0.3) is 0 Å². The minimum atomic E-state index is 0. The molecule has 0 radical (unpaired) electrons. The van der Waals surface area contributed by atoms with Crippen LogP contribution in [0.1, 0.15) is 29.8 Å². The molecule has 1 aliphatic rings. The summed E-state index contributed by atoms with van der Waals surface area (Å²) in [5.41, 5.74) is 7.35. The van der Waals surface area contributed by atoms with Gasteiger partial charge in [-0.25, -0.2) is 4.99 Å². The van der Waals surface area contributed by atoms with Crippen molar-refractivity contribution in [2.75, 3.05) is 31.1 Å². The molecule has 0 amide bonds. The zero-order valence-corrected chi connectivity index (χ0v) is 18.8. The average Bonchev–Trinajstić information content (AvgIpc) is 3.10.